The maximum atomic E-state index is 14.5. The fourth-order valence-electron chi connectivity index (χ4n) is 3.75. The first-order valence-corrected chi connectivity index (χ1v) is 9.43. The predicted molar refractivity (Wildman–Crippen MR) is 97.3 cm³/mol. The third-order valence-electron chi connectivity index (χ3n) is 5.40. The van der Waals surface area contributed by atoms with Crippen LogP contribution in [0.15, 0.2) is 42.5 Å². The summed E-state index contributed by atoms with van der Waals surface area (Å²) in [6.07, 6.45) is 1.00. The van der Waals surface area contributed by atoms with Crippen LogP contribution in [0, 0.1) is 11.7 Å². The maximum Gasteiger partial charge on any atom is 0.573 e. The standard InChI is InChI=1S/C22H24F4O/c1-15-2-7-17(8-3-15)19-11-10-18(21(23)14-19)9-4-16-5-12-20(13-6-16)27-22(24,25)26/h5-6,10-15,17H,2-4,7-9H2,1H3. The van der Waals surface area contributed by atoms with Gasteiger partial charge in [-0.2, -0.15) is 0 Å². The average molecular weight is 380 g/mol. The number of halogens is 4. The van der Waals surface area contributed by atoms with Crippen molar-refractivity contribution in [3.05, 3.63) is 65.0 Å². The molecule has 0 bridgehead atoms. The topological polar surface area (TPSA) is 9.23 Å². The van der Waals surface area contributed by atoms with Gasteiger partial charge in [0.05, 0.1) is 0 Å². The van der Waals surface area contributed by atoms with Gasteiger partial charge < -0.3 is 4.74 Å². The van der Waals surface area contributed by atoms with Crippen LogP contribution in [0.1, 0.15) is 55.2 Å². The molecule has 0 spiro atoms. The summed E-state index contributed by atoms with van der Waals surface area (Å²) >= 11 is 0. The van der Waals surface area contributed by atoms with Gasteiger partial charge in [-0.25, -0.2) is 4.39 Å². The fourth-order valence-corrected chi connectivity index (χ4v) is 3.75. The number of ether oxygens (including phenoxy) is 1. The molecule has 1 aliphatic rings. The first-order chi connectivity index (χ1) is 12.8. The molecule has 1 fully saturated rings. The van der Waals surface area contributed by atoms with E-state index in [1.807, 2.05) is 12.1 Å². The van der Waals surface area contributed by atoms with Crippen LogP contribution in [-0.4, -0.2) is 6.36 Å². The summed E-state index contributed by atoms with van der Waals surface area (Å²) in [4.78, 5) is 0. The van der Waals surface area contributed by atoms with E-state index in [1.165, 1.54) is 25.0 Å². The summed E-state index contributed by atoms with van der Waals surface area (Å²) in [5.41, 5.74) is 2.56. The summed E-state index contributed by atoms with van der Waals surface area (Å²) in [5, 5.41) is 0. The summed E-state index contributed by atoms with van der Waals surface area (Å²) < 4.78 is 54.9. The minimum absolute atomic E-state index is 0.192. The zero-order valence-corrected chi connectivity index (χ0v) is 15.4. The highest BCUT2D eigenvalue weighted by atomic mass is 19.4. The van der Waals surface area contributed by atoms with Crippen LogP contribution < -0.4 is 4.74 Å². The molecule has 3 rings (SSSR count). The zero-order chi connectivity index (χ0) is 19.4. The summed E-state index contributed by atoms with van der Waals surface area (Å²) in [6, 6.07) is 11.3. The van der Waals surface area contributed by atoms with E-state index in [0.29, 0.717) is 24.3 Å². The van der Waals surface area contributed by atoms with Crippen LogP contribution in [-0.2, 0) is 12.8 Å². The molecule has 2 aromatic carbocycles. The molecule has 0 amide bonds. The summed E-state index contributed by atoms with van der Waals surface area (Å²) in [6.45, 7) is 2.27. The first kappa shape index (κ1) is 19.7. The lowest BCUT2D eigenvalue weighted by Gasteiger charge is -2.26. The van der Waals surface area contributed by atoms with Crippen molar-refractivity contribution < 1.29 is 22.3 Å². The monoisotopic (exact) mass is 380 g/mol. The molecule has 27 heavy (non-hydrogen) atoms. The number of hydrogen-bond donors (Lipinski definition) is 0. The number of hydrogen-bond acceptors (Lipinski definition) is 1. The van der Waals surface area contributed by atoms with Crippen LogP contribution in [0.25, 0.3) is 0 Å². The van der Waals surface area contributed by atoms with Gasteiger partial charge in [-0.1, -0.05) is 44.0 Å². The lowest BCUT2D eigenvalue weighted by molar-refractivity contribution is -0.274. The third kappa shape index (κ3) is 5.72. The van der Waals surface area contributed by atoms with Gasteiger partial charge in [0.15, 0.2) is 0 Å². The smallest absolute Gasteiger partial charge is 0.406 e. The van der Waals surface area contributed by atoms with Crippen molar-refractivity contribution in [3.63, 3.8) is 0 Å². The van der Waals surface area contributed by atoms with Crippen molar-refractivity contribution in [2.45, 2.75) is 57.7 Å². The zero-order valence-electron chi connectivity index (χ0n) is 15.4. The minimum atomic E-state index is -4.69. The number of rotatable bonds is 5. The normalized spacial score (nSPS) is 20.5. The Morgan fingerprint density at radius 3 is 2.19 bits per heavy atom. The minimum Gasteiger partial charge on any atom is -0.406 e. The second kappa shape index (κ2) is 8.32. The molecule has 0 unspecified atom stereocenters. The Bertz CT molecular complexity index is 744. The van der Waals surface area contributed by atoms with Gasteiger partial charge in [-0.3, -0.25) is 0 Å². The second-order valence-electron chi connectivity index (χ2n) is 7.50. The molecule has 146 valence electrons. The molecule has 5 heteroatoms. The van der Waals surface area contributed by atoms with Crippen molar-refractivity contribution in [2.24, 2.45) is 5.92 Å². The number of benzene rings is 2. The van der Waals surface area contributed by atoms with E-state index in [2.05, 4.69) is 11.7 Å². The Morgan fingerprint density at radius 2 is 1.59 bits per heavy atom. The fraction of sp³-hybridized carbons (Fsp3) is 0.455. The molecule has 0 aromatic heterocycles. The molecular weight excluding hydrogens is 356 g/mol. The predicted octanol–water partition coefficient (Wildman–Crippen LogP) is 6.80. The van der Waals surface area contributed by atoms with Crippen LogP contribution in [0.2, 0.25) is 0 Å². The molecule has 0 aliphatic heterocycles. The van der Waals surface area contributed by atoms with E-state index < -0.39 is 6.36 Å². The molecule has 2 aromatic rings. The van der Waals surface area contributed by atoms with Crippen molar-refractivity contribution in [1.29, 1.82) is 0 Å². The van der Waals surface area contributed by atoms with E-state index in [0.717, 1.165) is 29.9 Å². The summed E-state index contributed by atoms with van der Waals surface area (Å²) in [7, 11) is 0. The molecular formula is C22H24F4O. The lowest BCUT2D eigenvalue weighted by atomic mass is 9.79. The Kier molecular flexibility index (Phi) is 6.08. The van der Waals surface area contributed by atoms with Crippen molar-refractivity contribution in [2.75, 3.05) is 0 Å². The highest BCUT2D eigenvalue weighted by molar-refractivity contribution is 5.30. The van der Waals surface area contributed by atoms with Crippen LogP contribution in [0.4, 0.5) is 17.6 Å². The van der Waals surface area contributed by atoms with Crippen molar-refractivity contribution >= 4 is 0 Å². The molecule has 0 N–H and O–H groups in total. The molecule has 0 radical (unpaired) electrons. The van der Waals surface area contributed by atoms with E-state index in [-0.39, 0.29) is 11.6 Å². The second-order valence-corrected chi connectivity index (χ2v) is 7.50. The van der Waals surface area contributed by atoms with Crippen LogP contribution in [0.5, 0.6) is 5.75 Å². The van der Waals surface area contributed by atoms with Crippen LogP contribution >= 0.6 is 0 Å². The molecule has 0 heterocycles. The molecule has 0 atom stereocenters. The third-order valence-corrected chi connectivity index (χ3v) is 5.40. The summed E-state index contributed by atoms with van der Waals surface area (Å²) in [5.74, 6) is 0.774. The Hall–Kier alpha value is -2.04. The number of alkyl halides is 3. The van der Waals surface area contributed by atoms with E-state index in [1.54, 1.807) is 18.2 Å². The highest BCUT2D eigenvalue weighted by Gasteiger charge is 2.30. The molecule has 1 nitrogen and oxygen atoms in total. The number of aryl methyl sites for hydroxylation is 2. The van der Waals surface area contributed by atoms with Crippen molar-refractivity contribution in [3.8, 4) is 5.75 Å². The van der Waals surface area contributed by atoms with E-state index in [9.17, 15) is 17.6 Å². The first-order valence-electron chi connectivity index (χ1n) is 9.43. The highest BCUT2D eigenvalue weighted by Crippen LogP contribution is 2.36. The van der Waals surface area contributed by atoms with Gasteiger partial charge in [-0.05, 0) is 72.4 Å². The quantitative estimate of drug-likeness (QED) is 0.518. The van der Waals surface area contributed by atoms with Gasteiger partial charge >= 0.3 is 6.36 Å². The van der Waals surface area contributed by atoms with Crippen molar-refractivity contribution in [1.82, 2.24) is 0 Å². The van der Waals surface area contributed by atoms with E-state index >= 15 is 0 Å². The van der Waals surface area contributed by atoms with Gasteiger partial charge in [0, 0.05) is 0 Å². The Labute approximate surface area is 157 Å². The Morgan fingerprint density at radius 1 is 0.926 bits per heavy atom. The molecule has 1 aliphatic carbocycles. The molecule has 0 saturated heterocycles. The SMILES string of the molecule is CC1CCC(c2ccc(CCc3ccc(OC(F)(F)F)cc3)c(F)c2)CC1. The van der Waals surface area contributed by atoms with Crippen LogP contribution in [0.3, 0.4) is 0 Å². The maximum absolute atomic E-state index is 14.5. The Balaban J connectivity index is 1.58. The molecule has 1 saturated carbocycles. The van der Waals surface area contributed by atoms with Gasteiger partial charge in [0.25, 0.3) is 0 Å². The average Bonchev–Trinajstić information content (AvgIpc) is 2.61. The van der Waals surface area contributed by atoms with Gasteiger partial charge in [0.1, 0.15) is 11.6 Å². The van der Waals surface area contributed by atoms with E-state index in [4.69, 9.17) is 0 Å². The lowest BCUT2D eigenvalue weighted by Crippen LogP contribution is -2.17. The van der Waals surface area contributed by atoms with Gasteiger partial charge in [0.2, 0.25) is 0 Å². The largest absolute Gasteiger partial charge is 0.573 e. The van der Waals surface area contributed by atoms with Gasteiger partial charge in [-0.15, -0.1) is 13.2 Å².